The third-order valence-corrected chi connectivity index (χ3v) is 7.15. The molecule has 12 heteroatoms. The Balaban J connectivity index is 1.64. The number of methoxy groups -OCH3 is 1. The number of ether oxygens (including phenoxy) is 1. The van der Waals surface area contributed by atoms with Crippen molar-refractivity contribution in [3.8, 4) is 17.0 Å². The summed E-state index contributed by atoms with van der Waals surface area (Å²) in [5.74, 6) is 0.292. The van der Waals surface area contributed by atoms with Crippen molar-refractivity contribution in [3.05, 3.63) is 54.7 Å². The number of nitrogens with zero attached hydrogens (tertiary/aromatic N) is 4. The maximum absolute atomic E-state index is 13.6. The van der Waals surface area contributed by atoms with Crippen molar-refractivity contribution in [1.29, 1.82) is 0 Å². The molecular weight excluding hydrogens is 459 g/mol. The third kappa shape index (κ3) is 5.33. The lowest BCUT2D eigenvalue weighted by Crippen LogP contribution is -2.38. The molecule has 2 aromatic heterocycles. The van der Waals surface area contributed by atoms with E-state index >= 15 is 0 Å². The standard InChI is InChI=1S/C21H22F3N5O3S/c1-32-20-6-5-14(11-25-20)15-7-16(21(22,23)24)9-19(8-15)33(30,31)28-17-3-2-4-18(10-17)29-12-26-27-13-29/h5-9,11-13,17-18,28H,2-4,10H2,1H3/t17-,18+/m0/s1. The van der Waals surface area contributed by atoms with Crippen molar-refractivity contribution in [2.45, 2.75) is 48.8 Å². The van der Waals surface area contributed by atoms with Crippen LogP contribution in [0.2, 0.25) is 0 Å². The molecular formula is C21H22F3N5O3S. The Morgan fingerprint density at radius 1 is 1.09 bits per heavy atom. The monoisotopic (exact) mass is 481 g/mol. The highest BCUT2D eigenvalue weighted by atomic mass is 32.2. The van der Waals surface area contributed by atoms with Crippen molar-refractivity contribution in [2.24, 2.45) is 0 Å². The summed E-state index contributed by atoms with van der Waals surface area (Å²) < 4.78 is 76.3. The zero-order valence-electron chi connectivity index (χ0n) is 17.7. The first-order chi connectivity index (χ1) is 15.7. The molecule has 0 aliphatic heterocycles. The van der Waals surface area contributed by atoms with Gasteiger partial charge in [0.15, 0.2) is 0 Å². The smallest absolute Gasteiger partial charge is 0.416 e. The van der Waals surface area contributed by atoms with Crippen LogP contribution in [0.4, 0.5) is 13.2 Å². The first-order valence-corrected chi connectivity index (χ1v) is 11.7. The van der Waals surface area contributed by atoms with E-state index in [0.29, 0.717) is 30.4 Å². The number of hydrogen-bond donors (Lipinski definition) is 1. The van der Waals surface area contributed by atoms with Gasteiger partial charge in [0.25, 0.3) is 0 Å². The van der Waals surface area contributed by atoms with Crippen molar-refractivity contribution < 1.29 is 26.3 Å². The molecule has 8 nitrogen and oxygen atoms in total. The number of sulfonamides is 1. The Bertz CT molecular complexity index is 1200. The Hall–Kier alpha value is -2.99. The first-order valence-electron chi connectivity index (χ1n) is 10.2. The van der Waals surface area contributed by atoms with E-state index in [1.807, 2.05) is 4.57 Å². The fourth-order valence-electron chi connectivity index (χ4n) is 3.98. The molecule has 2 heterocycles. The topological polar surface area (TPSA) is 99.0 Å². The molecule has 0 spiro atoms. The average molecular weight is 482 g/mol. The van der Waals surface area contributed by atoms with Gasteiger partial charge >= 0.3 is 6.18 Å². The molecule has 1 aliphatic rings. The van der Waals surface area contributed by atoms with E-state index in [-0.39, 0.29) is 11.6 Å². The summed E-state index contributed by atoms with van der Waals surface area (Å²) in [6.45, 7) is 0. The van der Waals surface area contributed by atoms with Gasteiger partial charge in [-0.25, -0.2) is 18.1 Å². The van der Waals surface area contributed by atoms with Crippen LogP contribution in [-0.4, -0.2) is 41.3 Å². The van der Waals surface area contributed by atoms with Crippen LogP contribution in [0.3, 0.4) is 0 Å². The fraction of sp³-hybridized carbons (Fsp3) is 0.381. The SMILES string of the molecule is COc1ccc(-c2cc(C(F)(F)F)cc(S(=O)(=O)N[C@H]3CCC[C@@H](n4cnnc4)C3)c2)cn1. The predicted octanol–water partition coefficient (Wildman–Crippen LogP) is 3.83. The lowest BCUT2D eigenvalue weighted by Gasteiger charge is -2.30. The number of aromatic nitrogens is 4. The number of hydrogen-bond acceptors (Lipinski definition) is 6. The van der Waals surface area contributed by atoms with Crippen molar-refractivity contribution in [1.82, 2.24) is 24.5 Å². The van der Waals surface area contributed by atoms with E-state index < -0.39 is 32.7 Å². The highest BCUT2D eigenvalue weighted by Gasteiger charge is 2.34. The number of pyridine rings is 1. The van der Waals surface area contributed by atoms with Gasteiger partial charge in [-0.15, -0.1) is 10.2 Å². The molecule has 33 heavy (non-hydrogen) atoms. The number of halogens is 3. The summed E-state index contributed by atoms with van der Waals surface area (Å²) in [7, 11) is -2.80. The van der Waals surface area contributed by atoms with E-state index in [1.54, 1.807) is 12.7 Å². The van der Waals surface area contributed by atoms with E-state index in [1.165, 1.54) is 31.5 Å². The zero-order chi connectivity index (χ0) is 23.6. The molecule has 3 aromatic rings. The average Bonchev–Trinajstić information content (AvgIpc) is 3.33. The number of alkyl halides is 3. The highest BCUT2D eigenvalue weighted by molar-refractivity contribution is 7.89. The molecule has 4 rings (SSSR count). The van der Waals surface area contributed by atoms with Crippen LogP contribution in [0.5, 0.6) is 5.88 Å². The minimum atomic E-state index is -4.72. The van der Waals surface area contributed by atoms with Crippen molar-refractivity contribution >= 4 is 10.0 Å². The maximum atomic E-state index is 13.6. The molecule has 1 aliphatic carbocycles. The second kappa shape index (κ2) is 9.10. The zero-order valence-corrected chi connectivity index (χ0v) is 18.5. The van der Waals surface area contributed by atoms with Gasteiger partial charge in [-0.2, -0.15) is 13.2 Å². The molecule has 1 fully saturated rings. The van der Waals surface area contributed by atoms with E-state index in [2.05, 4.69) is 19.9 Å². The lowest BCUT2D eigenvalue weighted by molar-refractivity contribution is -0.137. The molecule has 0 amide bonds. The normalized spacial score (nSPS) is 19.4. The Morgan fingerprint density at radius 2 is 1.85 bits per heavy atom. The van der Waals surface area contributed by atoms with Crippen LogP contribution in [0, 0.1) is 0 Å². The molecule has 0 radical (unpaired) electrons. The number of rotatable bonds is 6. The van der Waals surface area contributed by atoms with Gasteiger partial charge in [-0.1, -0.05) is 0 Å². The molecule has 176 valence electrons. The molecule has 1 aromatic carbocycles. The summed E-state index contributed by atoms with van der Waals surface area (Å²) in [4.78, 5) is 3.55. The molecule has 1 N–H and O–H groups in total. The molecule has 1 saturated carbocycles. The Labute approximate surface area is 188 Å². The van der Waals surface area contributed by atoms with Gasteiger partial charge in [-0.05, 0) is 55.5 Å². The van der Waals surface area contributed by atoms with E-state index in [4.69, 9.17) is 4.74 Å². The first kappa shape index (κ1) is 23.2. The summed E-state index contributed by atoms with van der Waals surface area (Å²) in [6.07, 6.45) is 2.45. The minimum absolute atomic E-state index is 0.0175. The summed E-state index contributed by atoms with van der Waals surface area (Å²) >= 11 is 0. The van der Waals surface area contributed by atoms with Gasteiger partial charge < -0.3 is 9.30 Å². The van der Waals surface area contributed by atoms with Crippen molar-refractivity contribution in [2.75, 3.05) is 7.11 Å². The van der Waals surface area contributed by atoms with Crippen LogP contribution in [0.25, 0.3) is 11.1 Å². The largest absolute Gasteiger partial charge is 0.481 e. The van der Waals surface area contributed by atoms with Gasteiger partial charge in [-0.3, -0.25) is 0 Å². The molecule has 0 bridgehead atoms. The number of nitrogens with one attached hydrogen (secondary N) is 1. The lowest BCUT2D eigenvalue weighted by atomic mass is 9.91. The van der Waals surface area contributed by atoms with E-state index in [9.17, 15) is 21.6 Å². The number of benzene rings is 1. The Kier molecular flexibility index (Phi) is 6.39. The van der Waals surface area contributed by atoms with E-state index in [0.717, 1.165) is 18.9 Å². The van der Waals surface area contributed by atoms with Crippen molar-refractivity contribution in [3.63, 3.8) is 0 Å². The second-order valence-corrected chi connectivity index (χ2v) is 9.59. The van der Waals surface area contributed by atoms with Crippen LogP contribution >= 0.6 is 0 Å². The summed E-state index contributed by atoms with van der Waals surface area (Å²) in [6, 6.07) is 5.40. The van der Waals surface area contributed by atoms with Gasteiger partial charge in [0.05, 0.1) is 17.6 Å². The Morgan fingerprint density at radius 3 is 2.48 bits per heavy atom. The molecule has 0 saturated heterocycles. The van der Waals surface area contributed by atoms with Crippen LogP contribution < -0.4 is 9.46 Å². The quantitative estimate of drug-likeness (QED) is 0.575. The van der Waals surface area contributed by atoms with Crippen LogP contribution in [0.15, 0.2) is 54.1 Å². The molecule has 2 atom stereocenters. The van der Waals surface area contributed by atoms with Crippen LogP contribution in [0.1, 0.15) is 37.3 Å². The summed E-state index contributed by atoms with van der Waals surface area (Å²) in [5, 5.41) is 7.56. The predicted molar refractivity (Wildman–Crippen MR) is 113 cm³/mol. The van der Waals surface area contributed by atoms with Gasteiger partial charge in [0, 0.05) is 29.9 Å². The van der Waals surface area contributed by atoms with Gasteiger partial charge in [0.1, 0.15) is 12.7 Å². The van der Waals surface area contributed by atoms with Crippen LogP contribution in [-0.2, 0) is 16.2 Å². The maximum Gasteiger partial charge on any atom is 0.416 e. The fourth-order valence-corrected chi connectivity index (χ4v) is 5.34. The minimum Gasteiger partial charge on any atom is -0.481 e. The highest BCUT2D eigenvalue weighted by Crippen LogP contribution is 2.35. The van der Waals surface area contributed by atoms with Gasteiger partial charge in [0.2, 0.25) is 15.9 Å². The third-order valence-electron chi connectivity index (χ3n) is 5.65. The second-order valence-electron chi connectivity index (χ2n) is 7.88. The summed E-state index contributed by atoms with van der Waals surface area (Å²) in [5.41, 5.74) is -0.628. The molecule has 0 unspecified atom stereocenters.